The summed E-state index contributed by atoms with van der Waals surface area (Å²) in [6.07, 6.45) is 1.47. The molecule has 0 bridgehead atoms. The normalized spacial score (nSPS) is 12.2. The van der Waals surface area contributed by atoms with Crippen LogP contribution < -0.4 is 0 Å². The van der Waals surface area contributed by atoms with Crippen molar-refractivity contribution in [3.8, 4) is 6.07 Å². The molecule has 0 radical (unpaired) electrons. The van der Waals surface area contributed by atoms with Gasteiger partial charge >= 0.3 is 0 Å². The molecule has 2 aromatic heterocycles. The molecule has 2 aromatic carbocycles. The lowest BCUT2D eigenvalue weighted by molar-refractivity contribution is 0.435. The summed E-state index contributed by atoms with van der Waals surface area (Å²) in [5, 5.41) is 9.86. The molecule has 33 heavy (non-hydrogen) atoms. The number of pyridine rings is 1. The van der Waals surface area contributed by atoms with E-state index in [-0.39, 0.29) is 27.7 Å². The van der Waals surface area contributed by atoms with Crippen LogP contribution in [0.3, 0.4) is 0 Å². The van der Waals surface area contributed by atoms with Gasteiger partial charge in [-0.2, -0.15) is 9.57 Å². The Hall–Kier alpha value is -3.52. The van der Waals surface area contributed by atoms with Gasteiger partial charge in [-0.05, 0) is 49.4 Å². The number of sulfonamides is 1. The van der Waals surface area contributed by atoms with Crippen molar-refractivity contribution in [1.82, 2.24) is 13.3 Å². The van der Waals surface area contributed by atoms with Gasteiger partial charge in [-0.25, -0.2) is 25.8 Å². The van der Waals surface area contributed by atoms with E-state index in [0.29, 0.717) is 5.39 Å². The average Bonchev–Trinajstić information content (AvgIpc) is 3.18. The lowest BCUT2D eigenvalue weighted by atomic mass is 10.2. The maximum atomic E-state index is 13.5. The molecule has 4 aromatic rings. The summed E-state index contributed by atoms with van der Waals surface area (Å²) in [6, 6.07) is 20.9. The van der Waals surface area contributed by atoms with Gasteiger partial charge in [0, 0.05) is 11.6 Å². The van der Waals surface area contributed by atoms with E-state index >= 15 is 0 Å². The van der Waals surface area contributed by atoms with Crippen molar-refractivity contribution >= 4 is 31.1 Å². The largest absolute Gasteiger partial charge is 0.269 e. The first-order valence-electron chi connectivity index (χ1n) is 9.95. The highest BCUT2D eigenvalue weighted by atomic mass is 32.2. The Labute approximate surface area is 192 Å². The summed E-state index contributed by atoms with van der Waals surface area (Å²) < 4.78 is 55.6. The molecule has 0 amide bonds. The first-order chi connectivity index (χ1) is 15.7. The van der Waals surface area contributed by atoms with Crippen molar-refractivity contribution in [3.63, 3.8) is 0 Å². The predicted molar refractivity (Wildman–Crippen MR) is 123 cm³/mol. The second-order valence-electron chi connectivity index (χ2n) is 7.38. The first-order valence-corrected chi connectivity index (χ1v) is 12.8. The Bertz CT molecular complexity index is 1550. The van der Waals surface area contributed by atoms with Gasteiger partial charge in [-0.3, -0.25) is 0 Å². The number of hydrogen-bond donors (Lipinski definition) is 0. The number of nitriles is 1. The van der Waals surface area contributed by atoms with Crippen LogP contribution >= 0.6 is 0 Å². The van der Waals surface area contributed by atoms with Crippen molar-refractivity contribution in [2.45, 2.75) is 23.3 Å². The third kappa shape index (κ3) is 4.26. The standard InChI is InChI=1S/C23H20N4O4S2/c1-18-9-11-22(12-10-18)32(28,29)26(15-13-24)17-20-16-19-6-5-14-25-23(19)27(20)33(30,31)21-7-3-2-4-8-21/h2-12,14,16H,15,17H2,1H3. The summed E-state index contributed by atoms with van der Waals surface area (Å²) in [4.78, 5) is 4.30. The van der Waals surface area contributed by atoms with Gasteiger partial charge in [0.15, 0.2) is 5.65 Å². The van der Waals surface area contributed by atoms with Gasteiger partial charge in [-0.15, -0.1) is 0 Å². The summed E-state index contributed by atoms with van der Waals surface area (Å²) in [5.41, 5.74) is 1.25. The SMILES string of the molecule is Cc1ccc(S(=O)(=O)N(CC#N)Cc2cc3cccnc3n2S(=O)(=O)c2ccccc2)cc1. The quantitative estimate of drug-likeness (QED) is 0.375. The number of aryl methyl sites for hydroxylation is 1. The van der Waals surface area contributed by atoms with E-state index in [4.69, 9.17) is 0 Å². The lowest BCUT2D eigenvalue weighted by Gasteiger charge is -2.20. The topological polar surface area (TPSA) is 113 Å². The second kappa shape index (κ2) is 8.78. The summed E-state index contributed by atoms with van der Waals surface area (Å²) in [5.74, 6) is 0. The number of nitrogens with zero attached hydrogens (tertiary/aromatic N) is 4. The van der Waals surface area contributed by atoms with E-state index in [0.717, 1.165) is 13.8 Å². The average molecular weight is 481 g/mol. The smallest absolute Gasteiger partial charge is 0.237 e. The molecule has 0 aliphatic heterocycles. The monoisotopic (exact) mass is 480 g/mol. The Morgan fingerprint density at radius 2 is 1.64 bits per heavy atom. The van der Waals surface area contributed by atoms with Crippen molar-refractivity contribution < 1.29 is 16.8 Å². The second-order valence-corrected chi connectivity index (χ2v) is 11.1. The molecule has 0 aliphatic carbocycles. The fourth-order valence-electron chi connectivity index (χ4n) is 3.49. The van der Waals surface area contributed by atoms with Gasteiger partial charge in [0.05, 0.1) is 28.1 Å². The van der Waals surface area contributed by atoms with Crippen LogP contribution in [0.5, 0.6) is 0 Å². The molecular formula is C23H20N4O4S2. The Morgan fingerprint density at radius 1 is 0.939 bits per heavy atom. The first kappa shape index (κ1) is 22.7. The molecule has 2 heterocycles. The molecule has 0 unspecified atom stereocenters. The van der Waals surface area contributed by atoms with Crippen molar-refractivity contribution in [1.29, 1.82) is 5.26 Å². The van der Waals surface area contributed by atoms with E-state index in [2.05, 4.69) is 4.98 Å². The zero-order valence-corrected chi connectivity index (χ0v) is 19.3. The molecule has 0 saturated carbocycles. The van der Waals surface area contributed by atoms with Crippen LogP contribution in [0.25, 0.3) is 11.0 Å². The van der Waals surface area contributed by atoms with Crippen LogP contribution in [-0.2, 0) is 26.6 Å². The highest BCUT2D eigenvalue weighted by Crippen LogP contribution is 2.27. The van der Waals surface area contributed by atoms with E-state index in [1.807, 2.05) is 13.0 Å². The molecule has 0 atom stereocenters. The summed E-state index contributed by atoms with van der Waals surface area (Å²) in [6.45, 7) is 1.06. The highest BCUT2D eigenvalue weighted by Gasteiger charge is 2.29. The highest BCUT2D eigenvalue weighted by molar-refractivity contribution is 7.90. The Balaban J connectivity index is 1.87. The van der Waals surface area contributed by atoms with Crippen LogP contribution in [0.15, 0.2) is 88.8 Å². The molecule has 8 nitrogen and oxygen atoms in total. The fraction of sp³-hybridized carbons (Fsp3) is 0.130. The minimum Gasteiger partial charge on any atom is -0.237 e. The third-order valence-corrected chi connectivity index (χ3v) is 8.68. The maximum Gasteiger partial charge on any atom is 0.269 e. The van der Waals surface area contributed by atoms with Crippen LogP contribution in [0, 0.1) is 18.3 Å². The van der Waals surface area contributed by atoms with Crippen LogP contribution in [0.4, 0.5) is 0 Å². The molecule has 0 aliphatic rings. The number of rotatable bonds is 7. The third-order valence-electron chi connectivity index (χ3n) is 5.12. The van der Waals surface area contributed by atoms with Gasteiger partial charge in [0.25, 0.3) is 10.0 Å². The van der Waals surface area contributed by atoms with E-state index in [1.165, 1.54) is 30.5 Å². The van der Waals surface area contributed by atoms with Crippen LogP contribution in [0.1, 0.15) is 11.3 Å². The zero-order valence-electron chi connectivity index (χ0n) is 17.7. The lowest BCUT2D eigenvalue weighted by Crippen LogP contribution is -2.32. The number of benzene rings is 2. The summed E-state index contributed by atoms with van der Waals surface area (Å²) >= 11 is 0. The van der Waals surface area contributed by atoms with E-state index < -0.39 is 26.6 Å². The number of fused-ring (bicyclic) bond motifs is 1. The zero-order chi connectivity index (χ0) is 23.6. The molecule has 0 saturated heterocycles. The fourth-order valence-corrected chi connectivity index (χ4v) is 6.31. The van der Waals surface area contributed by atoms with Gasteiger partial charge in [0.1, 0.15) is 6.54 Å². The number of aromatic nitrogens is 2. The van der Waals surface area contributed by atoms with Gasteiger partial charge < -0.3 is 0 Å². The van der Waals surface area contributed by atoms with Gasteiger partial charge in [0.2, 0.25) is 10.0 Å². The maximum absolute atomic E-state index is 13.5. The van der Waals surface area contributed by atoms with Crippen molar-refractivity contribution in [2.75, 3.05) is 6.54 Å². The van der Waals surface area contributed by atoms with Crippen LogP contribution in [-0.4, -0.2) is 36.6 Å². The Morgan fingerprint density at radius 3 is 2.30 bits per heavy atom. The molecule has 0 spiro atoms. The molecular weight excluding hydrogens is 460 g/mol. The van der Waals surface area contributed by atoms with Crippen molar-refractivity contribution in [3.05, 3.63) is 90.3 Å². The summed E-state index contributed by atoms with van der Waals surface area (Å²) in [7, 11) is -8.14. The minimum absolute atomic E-state index is 0.0232. The molecule has 168 valence electrons. The van der Waals surface area contributed by atoms with E-state index in [1.54, 1.807) is 48.5 Å². The minimum atomic E-state index is -4.08. The molecule has 4 rings (SSSR count). The molecule has 0 fully saturated rings. The Kier molecular flexibility index (Phi) is 6.03. The molecule has 10 heteroatoms. The predicted octanol–water partition coefficient (Wildman–Crippen LogP) is 3.30. The van der Waals surface area contributed by atoms with Gasteiger partial charge in [-0.1, -0.05) is 35.9 Å². The number of hydrogen-bond acceptors (Lipinski definition) is 6. The van der Waals surface area contributed by atoms with Crippen LogP contribution in [0.2, 0.25) is 0 Å². The molecule has 0 N–H and O–H groups in total. The van der Waals surface area contributed by atoms with E-state index in [9.17, 15) is 22.1 Å². The van der Waals surface area contributed by atoms with Crippen molar-refractivity contribution in [2.24, 2.45) is 0 Å².